The van der Waals surface area contributed by atoms with Crippen LogP contribution in [0, 0.1) is 13.8 Å². The van der Waals surface area contributed by atoms with Crippen molar-refractivity contribution < 1.29 is 0 Å². The van der Waals surface area contributed by atoms with Gasteiger partial charge in [0.2, 0.25) is 0 Å². The van der Waals surface area contributed by atoms with E-state index in [9.17, 15) is 0 Å². The minimum absolute atomic E-state index is 0.174. The monoisotopic (exact) mass is 936 g/mol. The molecule has 0 aliphatic heterocycles. The lowest BCUT2D eigenvalue weighted by atomic mass is 10.1. The van der Waals surface area contributed by atoms with E-state index in [1.165, 1.54) is 46.8 Å². The standard InChI is InChI=1S/2C14H15N5.C13H13N5.C9H13N5/c1-9-3-10(2)5-11(4-9)6-15-13-12-14(17-7-16-12)19-8-18-13;1-2-19(8-11-6-4-3-5-7-11)14-12-13(16-9-15-12)17-10-18-14;1-9(10-5-3-2-4-6-10)18-13-11-12(15-7-14-11)16-8-17-13;1-3-6(2)14-9-7-8(11-4-10-7)12-5-13-9/h3-5,7-8H,6H2,1-2H3,(H2,15,16,17,18,19);3-7,9-10H,2,8H2,1H3,(H,15,16,17,18);2-9H,1H3,(H2,14,15,16,17,18);4-6H,3H2,1-2H3,(H2,10,11,12,13,14). The highest BCUT2D eigenvalue weighted by molar-refractivity contribution is 5.84. The van der Waals surface area contributed by atoms with Gasteiger partial charge < -0.3 is 40.8 Å². The Morgan fingerprint density at radius 1 is 0.500 bits per heavy atom. The molecule has 0 saturated carbocycles. The molecule has 2 unspecified atom stereocenters. The molecule has 7 N–H and O–H groups in total. The number of hydrogen-bond donors (Lipinski definition) is 7. The largest absolute Gasteiger partial charge is 0.366 e. The zero-order valence-electron chi connectivity index (χ0n) is 39.9. The fraction of sp³-hybridized carbons (Fsp3) is 0.240. The maximum Gasteiger partial charge on any atom is 0.182 e. The molecule has 20 heteroatoms. The number of rotatable bonds is 13. The van der Waals surface area contributed by atoms with E-state index in [0.29, 0.717) is 28.6 Å². The van der Waals surface area contributed by atoms with Crippen LogP contribution in [0.3, 0.4) is 0 Å². The second-order valence-electron chi connectivity index (χ2n) is 16.3. The smallest absolute Gasteiger partial charge is 0.182 e. The molecule has 0 fully saturated rings. The van der Waals surface area contributed by atoms with Gasteiger partial charge in [-0.25, -0.2) is 59.8 Å². The zero-order valence-corrected chi connectivity index (χ0v) is 39.9. The molecular weight excluding hydrogens is 881 g/mol. The lowest BCUT2D eigenvalue weighted by Gasteiger charge is -2.22. The van der Waals surface area contributed by atoms with Crippen molar-refractivity contribution in [3.8, 4) is 0 Å². The summed E-state index contributed by atoms with van der Waals surface area (Å²) in [5.41, 5.74) is 12.4. The number of H-pyrrole nitrogens is 4. The molecule has 0 aliphatic rings. The van der Waals surface area contributed by atoms with Gasteiger partial charge in [0, 0.05) is 25.7 Å². The third-order valence-electron chi connectivity index (χ3n) is 11.2. The first-order valence-corrected chi connectivity index (χ1v) is 23.0. The molecule has 356 valence electrons. The summed E-state index contributed by atoms with van der Waals surface area (Å²) in [5, 5.41) is 9.99. The lowest BCUT2D eigenvalue weighted by Crippen LogP contribution is -2.23. The minimum Gasteiger partial charge on any atom is -0.366 e. The maximum atomic E-state index is 4.39. The van der Waals surface area contributed by atoms with Crippen molar-refractivity contribution in [1.82, 2.24) is 79.7 Å². The highest BCUT2D eigenvalue weighted by Crippen LogP contribution is 2.23. The number of hydrogen-bond acceptors (Lipinski definition) is 16. The summed E-state index contributed by atoms with van der Waals surface area (Å²) in [6.07, 6.45) is 13.7. The first-order chi connectivity index (χ1) is 34.3. The van der Waals surface area contributed by atoms with Gasteiger partial charge in [-0.1, -0.05) is 96.9 Å². The minimum atomic E-state index is 0.174. The third-order valence-corrected chi connectivity index (χ3v) is 11.2. The molecule has 0 radical (unpaired) electrons. The van der Waals surface area contributed by atoms with Gasteiger partial charge in [0.15, 0.2) is 45.9 Å². The van der Waals surface area contributed by atoms with Gasteiger partial charge in [0.1, 0.15) is 47.4 Å². The summed E-state index contributed by atoms with van der Waals surface area (Å²) >= 11 is 0. The highest BCUT2D eigenvalue weighted by atomic mass is 15.2. The van der Waals surface area contributed by atoms with Gasteiger partial charge in [-0.15, -0.1) is 0 Å². The van der Waals surface area contributed by atoms with Crippen LogP contribution < -0.4 is 20.9 Å². The Hall–Kier alpha value is -8.94. The van der Waals surface area contributed by atoms with Gasteiger partial charge in [-0.2, -0.15) is 0 Å². The Morgan fingerprint density at radius 3 is 1.51 bits per heavy atom. The van der Waals surface area contributed by atoms with Crippen molar-refractivity contribution in [1.29, 1.82) is 0 Å². The van der Waals surface area contributed by atoms with E-state index in [0.717, 1.165) is 71.4 Å². The van der Waals surface area contributed by atoms with Crippen molar-refractivity contribution in [2.75, 3.05) is 27.4 Å². The number of imidazole rings is 4. The van der Waals surface area contributed by atoms with E-state index in [-0.39, 0.29) is 6.04 Å². The van der Waals surface area contributed by atoms with Crippen LogP contribution in [0.25, 0.3) is 44.7 Å². The second-order valence-corrected chi connectivity index (χ2v) is 16.3. The summed E-state index contributed by atoms with van der Waals surface area (Å²) < 4.78 is 0. The number of nitrogens with zero attached hydrogens (tertiary/aromatic N) is 13. The quantitative estimate of drug-likeness (QED) is 0.0569. The third kappa shape index (κ3) is 12.1. The van der Waals surface area contributed by atoms with Crippen molar-refractivity contribution in [3.05, 3.63) is 157 Å². The summed E-state index contributed by atoms with van der Waals surface area (Å²) in [4.78, 5) is 64.3. The first kappa shape index (κ1) is 47.5. The van der Waals surface area contributed by atoms with Crippen LogP contribution in [-0.2, 0) is 13.1 Å². The number of aryl methyl sites for hydroxylation is 2. The average Bonchev–Trinajstić information content (AvgIpc) is 4.24. The van der Waals surface area contributed by atoms with Crippen molar-refractivity contribution in [3.63, 3.8) is 0 Å². The first-order valence-electron chi connectivity index (χ1n) is 23.0. The topological polar surface area (TPSA) is 257 Å². The van der Waals surface area contributed by atoms with Gasteiger partial charge >= 0.3 is 0 Å². The molecule has 2 atom stereocenters. The zero-order chi connectivity index (χ0) is 48.7. The predicted molar refractivity (Wildman–Crippen MR) is 275 cm³/mol. The molecule has 11 rings (SSSR count). The maximum absolute atomic E-state index is 4.39. The number of anilines is 4. The fourth-order valence-electron chi connectivity index (χ4n) is 7.50. The van der Waals surface area contributed by atoms with E-state index < -0.39 is 0 Å². The van der Waals surface area contributed by atoms with Crippen LogP contribution >= 0.6 is 0 Å². The van der Waals surface area contributed by atoms with Crippen LogP contribution in [0.15, 0.2) is 129 Å². The number of fused-ring (bicyclic) bond motifs is 4. The molecule has 3 aromatic carbocycles. The van der Waals surface area contributed by atoms with Crippen LogP contribution in [0.1, 0.15) is 68.0 Å². The summed E-state index contributed by atoms with van der Waals surface area (Å²) in [5.74, 6) is 3.27. The molecule has 0 aliphatic carbocycles. The van der Waals surface area contributed by atoms with Crippen LogP contribution in [-0.4, -0.2) is 92.3 Å². The Balaban J connectivity index is 0.000000126. The molecule has 0 saturated heterocycles. The van der Waals surface area contributed by atoms with E-state index >= 15 is 0 Å². The molecule has 11 aromatic rings. The van der Waals surface area contributed by atoms with Gasteiger partial charge in [0.25, 0.3) is 0 Å². The Bertz CT molecular complexity index is 3310. The Labute approximate surface area is 404 Å². The van der Waals surface area contributed by atoms with Crippen molar-refractivity contribution in [2.24, 2.45) is 0 Å². The van der Waals surface area contributed by atoms with Crippen LogP contribution in [0.5, 0.6) is 0 Å². The number of aromatic amines is 4. The SMILES string of the molecule is CC(Nc1ncnc2nc[nH]c12)c1ccccc1.CCC(C)Nc1ncnc2nc[nH]c12.CCN(Cc1ccccc1)c1ncnc2nc[nH]c12.Cc1cc(C)cc(CNc2ncnc3nc[nH]c23)c1. The molecule has 8 heterocycles. The Kier molecular flexibility index (Phi) is 15.7. The van der Waals surface area contributed by atoms with Gasteiger partial charge in [-0.3, -0.25) is 0 Å². The normalized spacial score (nSPS) is 11.7. The van der Waals surface area contributed by atoms with Crippen molar-refractivity contribution in [2.45, 2.75) is 73.1 Å². The summed E-state index contributed by atoms with van der Waals surface area (Å²) in [7, 11) is 0. The van der Waals surface area contributed by atoms with Crippen molar-refractivity contribution >= 4 is 67.9 Å². The van der Waals surface area contributed by atoms with E-state index in [4.69, 9.17) is 0 Å². The fourth-order valence-corrected chi connectivity index (χ4v) is 7.50. The van der Waals surface area contributed by atoms with Gasteiger partial charge in [-0.05, 0) is 57.7 Å². The van der Waals surface area contributed by atoms with E-state index in [1.54, 1.807) is 31.6 Å². The van der Waals surface area contributed by atoms with E-state index in [1.807, 2.05) is 24.3 Å². The van der Waals surface area contributed by atoms with Crippen LogP contribution in [0.2, 0.25) is 0 Å². The average molecular weight is 937 g/mol. The molecule has 0 spiro atoms. The molecule has 20 nitrogen and oxygen atoms in total. The lowest BCUT2D eigenvalue weighted by molar-refractivity contribution is 0.760. The molecular formula is C50H56N20. The summed E-state index contributed by atoms with van der Waals surface area (Å²) in [6.45, 7) is 15.1. The molecule has 0 amide bonds. The summed E-state index contributed by atoms with van der Waals surface area (Å²) in [6, 6.07) is 27.7. The Morgan fingerprint density at radius 2 is 0.971 bits per heavy atom. The molecule has 8 aromatic heterocycles. The second kappa shape index (κ2) is 23.2. The number of aromatic nitrogens is 16. The predicted octanol–water partition coefficient (Wildman–Crippen LogP) is 9.05. The molecule has 0 bridgehead atoms. The molecule has 70 heavy (non-hydrogen) atoms. The highest BCUT2D eigenvalue weighted by Gasteiger charge is 2.14. The van der Waals surface area contributed by atoms with E-state index in [2.05, 4.69) is 197 Å². The number of nitrogens with one attached hydrogen (secondary N) is 7. The number of benzene rings is 3. The van der Waals surface area contributed by atoms with Crippen LogP contribution in [0.4, 0.5) is 23.3 Å². The van der Waals surface area contributed by atoms with Gasteiger partial charge in [0.05, 0.1) is 31.4 Å².